The predicted molar refractivity (Wildman–Crippen MR) is 75.1 cm³/mol. The summed E-state index contributed by atoms with van der Waals surface area (Å²) in [7, 11) is 0. The normalized spacial score (nSPS) is 12.4. The number of nitrogens with zero attached hydrogens (tertiary/aromatic N) is 2. The molecule has 1 amide bonds. The second-order valence-corrected chi connectivity index (χ2v) is 5.60. The highest BCUT2D eigenvalue weighted by Crippen LogP contribution is 2.23. The minimum atomic E-state index is -0.683. The summed E-state index contributed by atoms with van der Waals surface area (Å²) < 4.78 is 0. The second-order valence-electron chi connectivity index (χ2n) is 3.74. The first-order chi connectivity index (χ1) is 8.58. The molecule has 0 aliphatic rings. The van der Waals surface area contributed by atoms with Gasteiger partial charge in [0, 0.05) is 30.4 Å². The lowest BCUT2D eigenvalue weighted by atomic mass is 10.4. The van der Waals surface area contributed by atoms with Crippen molar-refractivity contribution in [1.82, 2.24) is 4.98 Å². The Hall–Kier alpha value is -0.630. The quantitative estimate of drug-likeness (QED) is 0.787. The van der Waals surface area contributed by atoms with E-state index in [9.17, 15) is 9.90 Å². The Kier molecular flexibility index (Phi) is 6.62. The fourth-order valence-electron chi connectivity index (χ4n) is 1.33. The number of carbonyl (C=O) groups is 1. The van der Waals surface area contributed by atoms with E-state index < -0.39 is 6.10 Å². The molecular weight excluding hydrogens is 272 g/mol. The molecule has 1 unspecified atom stereocenters. The third-order valence-electron chi connectivity index (χ3n) is 2.24. The van der Waals surface area contributed by atoms with E-state index in [4.69, 9.17) is 5.11 Å². The number of aliphatic hydroxyl groups excluding tert-OH is 2. The molecule has 0 spiro atoms. The van der Waals surface area contributed by atoms with E-state index in [0.29, 0.717) is 23.2 Å². The molecule has 0 saturated carbocycles. The summed E-state index contributed by atoms with van der Waals surface area (Å²) in [6.07, 6.45) is -0.683. The number of thioether (sulfide) groups is 1. The fraction of sp³-hybridized carbons (Fsp3) is 0.636. The van der Waals surface area contributed by atoms with Crippen LogP contribution < -0.4 is 4.90 Å². The van der Waals surface area contributed by atoms with Gasteiger partial charge in [0.25, 0.3) is 0 Å². The third-order valence-corrected chi connectivity index (χ3v) is 4.27. The van der Waals surface area contributed by atoms with Crippen LogP contribution in [-0.2, 0) is 10.5 Å². The Morgan fingerprint density at radius 1 is 1.67 bits per heavy atom. The number of anilines is 1. The number of aliphatic hydroxyl groups is 2. The maximum absolute atomic E-state index is 11.4. The van der Waals surface area contributed by atoms with Gasteiger partial charge in [0.05, 0.1) is 18.4 Å². The Morgan fingerprint density at radius 2 is 2.39 bits per heavy atom. The summed E-state index contributed by atoms with van der Waals surface area (Å²) in [4.78, 5) is 17.4. The second kappa shape index (κ2) is 7.73. The van der Waals surface area contributed by atoms with Crippen LogP contribution in [-0.4, -0.2) is 46.1 Å². The highest BCUT2D eigenvalue weighted by molar-refractivity contribution is 7.98. The molecule has 0 radical (unpaired) electrons. The van der Waals surface area contributed by atoms with Crippen LogP contribution in [0.3, 0.4) is 0 Å². The Balaban J connectivity index is 2.50. The maximum atomic E-state index is 11.4. The van der Waals surface area contributed by atoms with Gasteiger partial charge in [0.2, 0.25) is 5.91 Å². The van der Waals surface area contributed by atoms with Crippen molar-refractivity contribution in [2.75, 3.05) is 23.8 Å². The first kappa shape index (κ1) is 15.4. The van der Waals surface area contributed by atoms with Crippen molar-refractivity contribution in [2.45, 2.75) is 25.7 Å². The van der Waals surface area contributed by atoms with E-state index in [0.717, 1.165) is 5.69 Å². The molecule has 0 aliphatic carbocycles. The van der Waals surface area contributed by atoms with E-state index in [-0.39, 0.29) is 12.5 Å². The molecule has 1 aromatic heterocycles. The van der Waals surface area contributed by atoms with Gasteiger partial charge in [-0.05, 0) is 6.92 Å². The van der Waals surface area contributed by atoms with Gasteiger partial charge in [-0.3, -0.25) is 9.69 Å². The van der Waals surface area contributed by atoms with Gasteiger partial charge in [0.15, 0.2) is 5.13 Å². The number of aromatic nitrogens is 1. The first-order valence-electron chi connectivity index (χ1n) is 5.67. The van der Waals surface area contributed by atoms with Crippen LogP contribution in [0.25, 0.3) is 0 Å². The van der Waals surface area contributed by atoms with Gasteiger partial charge in [0.1, 0.15) is 0 Å². The monoisotopic (exact) mass is 290 g/mol. The minimum Gasteiger partial charge on any atom is -0.394 e. The van der Waals surface area contributed by atoms with Crippen molar-refractivity contribution in [3.8, 4) is 0 Å². The van der Waals surface area contributed by atoms with Crippen molar-refractivity contribution in [3.63, 3.8) is 0 Å². The van der Waals surface area contributed by atoms with E-state index in [1.165, 1.54) is 30.0 Å². The van der Waals surface area contributed by atoms with Gasteiger partial charge in [-0.25, -0.2) is 4.98 Å². The molecule has 0 saturated heterocycles. The van der Waals surface area contributed by atoms with E-state index >= 15 is 0 Å². The van der Waals surface area contributed by atoms with Gasteiger partial charge < -0.3 is 10.2 Å². The van der Waals surface area contributed by atoms with Crippen LogP contribution in [0, 0.1) is 0 Å². The van der Waals surface area contributed by atoms with Gasteiger partial charge in [-0.2, -0.15) is 11.8 Å². The Labute approximate surface area is 115 Å². The average Bonchev–Trinajstić information content (AvgIpc) is 2.78. The van der Waals surface area contributed by atoms with Gasteiger partial charge in [-0.15, -0.1) is 11.3 Å². The molecule has 1 aromatic rings. The Morgan fingerprint density at radius 3 is 2.94 bits per heavy atom. The SMILES string of the molecule is CCN(C(C)=O)c1nc(CSCC(O)CO)cs1. The summed E-state index contributed by atoms with van der Waals surface area (Å²) >= 11 is 2.95. The van der Waals surface area contributed by atoms with Crippen LogP contribution >= 0.6 is 23.1 Å². The van der Waals surface area contributed by atoms with Crippen LogP contribution in [0.15, 0.2) is 5.38 Å². The van der Waals surface area contributed by atoms with Gasteiger partial charge in [-0.1, -0.05) is 0 Å². The molecule has 1 heterocycles. The van der Waals surface area contributed by atoms with Crippen LogP contribution in [0.1, 0.15) is 19.5 Å². The largest absolute Gasteiger partial charge is 0.394 e. The smallest absolute Gasteiger partial charge is 0.225 e. The fourth-order valence-corrected chi connectivity index (χ4v) is 3.22. The summed E-state index contributed by atoms with van der Waals surface area (Å²) in [5, 5.41) is 20.5. The summed E-state index contributed by atoms with van der Waals surface area (Å²) in [6.45, 7) is 3.83. The van der Waals surface area contributed by atoms with Crippen molar-refractivity contribution in [3.05, 3.63) is 11.1 Å². The topological polar surface area (TPSA) is 73.7 Å². The van der Waals surface area contributed by atoms with E-state index in [2.05, 4.69) is 4.98 Å². The minimum absolute atomic E-state index is 0.0123. The first-order valence-corrected chi connectivity index (χ1v) is 7.71. The molecule has 0 fully saturated rings. The molecule has 0 aromatic carbocycles. The van der Waals surface area contributed by atoms with Crippen LogP contribution in [0.4, 0.5) is 5.13 Å². The Bertz CT molecular complexity index is 384. The predicted octanol–water partition coefficient (Wildman–Crippen LogP) is 1.10. The lowest BCUT2D eigenvalue weighted by molar-refractivity contribution is -0.116. The number of carbonyl (C=O) groups excluding carboxylic acids is 1. The van der Waals surface area contributed by atoms with Gasteiger partial charge >= 0.3 is 0 Å². The van der Waals surface area contributed by atoms with Crippen molar-refractivity contribution < 1.29 is 15.0 Å². The van der Waals surface area contributed by atoms with Crippen molar-refractivity contribution in [1.29, 1.82) is 0 Å². The molecule has 5 nitrogen and oxygen atoms in total. The molecule has 102 valence electrons. The molecule has 2 N–H and O–H groups in total. The lowest BCUT2D eigenvalue weighted by Gasteiger charge is -2.14. The number of hydrogen-bond acceptors (Lipinski definition) is 6. The highest BCUT2D eigenvalue weighted by atomic mass is 32.2. The lowest BCUT2D eigenvalue weighted by Crippen LogP contribution is -2.27. The zero-order valence-corrected chi connectivity index (χ0v) is 12.1. The van der Waals surface area contributed by atoms with E-state index in [1.54, 1.807) is 4.90 Å². The van der Waals surface area contributed by atoms with Crippen molar-refractivity contribution >= 4 is 34.1 Å². The average molecular weight is 290 g/mol. The molecule has 1 rings (SSSR count). The third kappa shape index (κ3) is 4.56. The molecular formula is C11H18N2O3S2. The molecule has 0 bridgehead atoms. The summed E-state index contributed by atoms with van der Waals surface area (Å²) in [5.74, 6) is 1.14. The summed E-state index contributed by atoms with van der Waals surface area (Å²) in [6, 6.07) is 0. The van der Waals surface area contributed by atoms with Crippen molar-refractivity contribution in [2.24, 2.45) is 0 Å². The number of hydrogen-bond donors (Lipinski definition) is 2. The highest BCUT2D eigenvalue weighted by Gasteiger charge is 2.13. The number of rotatable bonds is 7. The number of amides is 1. The molecule has 7 heteroatoms. The number of thiazole rings is 1. The maximum Gasteiger partial charge on any atom is 0.225 e. The van der Waals surface area contributed by atoms with Crippen LogP contribution in [0.5, 0.6) is 0 Å². The zero-order chi connectivity index (χ0) is 13.5. The zero-order valence-electron chi connectivity index (χ0n) is 10.5. The summed E-state index contributed by atoms with van der Waals surface area (Å²) in [5.41, 5.74) is 0.893. The van der Waals surface area contributed by atoms with Crippen LogP contribution in [0.2, 0.25) is 0 Å². The molecule has 0 aliphatic heterocycles. The standard InChI is InChI=1S/C11H18N2O3S2/c1-3-13(8(2)15)11-12-9(6-18-11)5-17-7-10(16)4-14/h6,10,14,16H,3-5,7H2,1-2H3. The molecule has 1 atom stereocenters. The van der Waals surface area contributed by atoms with E-state index in [1.807, 2.05) is 12.3 Å². The molecule has 18 heavy (non-hydrogen) atoms.